The Bertz CT molecular complexity index is 985. The van der Waals surface area contributed by atoms with E-state index in [1.165, 1.54) is 6.33 Å². The van der Waals surface area contributed by atoms with E-state index in [9.17, 15) is 4.21 Å². The molecule has 0 radical (unpaired) electrons. The van der Waals surface area contributed by atoms with Crippen LogP contribution in [0.25, 0.3) is 11.0 Å². The van der Waals surface area contributed by atoms with Gasteiger partial charge in [0, 0.05) is 18.8 Å². The Morgan fingerprint density at radius 3 is 2.85 bits per heavy atom. The summed E-state index contributed by atoms with van der Waals surface area (Å²) in [6, 6.07) is 5.75. The van der Waals surface area contributed by atoms with Crippen LogP contribution in [-0.4, -0.2) is 57.7 Å². The van der Waals surface area contributed by atoms with Gasteiger partial charge < -0.3 is 15.0 Å². The van der Waals surface area contributed by atoms with Gasteiger partial charge in [-0.25, -0.2) is 18.9 Å². The number of ether oxygens (including phenoxy) is 1. The summed E-state index contributed by atoms with van der Waals surface area (Å²) in [4.78, 5) is 11.5. The quantitative estimate of drug-likeness (QED) is 0.609. The number of aromatic nitrogens is 4. The van der Waals surface area contributed by atoms with E-state index in [1.54, 1.807) is 7.05 Å². The summed E-state index contributed by atoms with van der Waals surface area (Å²) < 4.78 is 20.5. The summed E-state index contributed by atoms with van der Waals surface area (Å²) in [5.74, 6) is 0.660. The number of H-pyrrole nitrogens is 1. The van der Waals surface area contributed by atoms with Gasteiger partial charge in [0.15, 0.2) is 5.65 Å². The lowest BCUT2D eigenvalue weighted by Crippen LogP contribution is -2.36. The van der Waals surface area contributed by atoms with Gasteiger partial charge in [0.25, 0.3) is 0 Å². The van der Waals surface area contributed by atoms with Crippen LogP contribution >= 0.6 is 0 Å². The molecule has 1 aliphatic rings. The summed E-state index contributed by atoms with van der Waals surface area (Å²) in [6.45, 7) is 4.89. The molecule has 3 N–H and O–H groups in total. The molecule has 1 atom stereocenters. The number of aromatic amines is 1. The fraction of sp³-hybridized carbons (Fsp3) is 0.353. The van der Waals surface area contributed by atoms with Crippen LogP contribution in [0.4, 0.5) is 17.2 Å². The summed E-state index contributed by atoms with van der Waals surface area (Å²) >= 11 is 0. The zero-order chi connectivity index (χ0) is 18.8. The first kappa shape index (κ1) is 17.8. The summed E-state index contributed by atoms with van der Waals surface area (Å²) in [5.41, 5.74) is 3.34. The van der Waals surface area contributed by atoms with Crippen LogP contribution in [0.15, 0.2) is 29.4 Å². The maximum atomic E-state index is 12.2. The third-order valence-electron chi connectivity index (χ3n) is 4.50. The topological polar surface area (TPSA) is 108 Å². The highest BCUT2D eigenvalue weighted by Gasteiger charge is 2.18. The molecule has 1 fully saturated rings. The van der Waals surface area contributed by atoms with Crippen molar-refractivity contribution in [2.45, 2.75) is 11.8 Å². The van der Waals surface area contributed by atoms with Crippen molar-refractivity contribution in [3.63, 3.8) is 0 Å². The lowest BCUT2D eigenvalue weighted by molar-refractivity contribution is 0.123. The molecule has 142 valence electrons. The van der Waals surface area contributed by atoms with E-state index >= 15 is 0 Å². The SMILES string of the molecule is CNS(=O)c1ccc(N2CCOCC2)c(Nc2ncnc3n[nH]c(C)c23)c1. The van der Waals surface area contributed by atoms with Gasteiger partial charge in [0.2, 0.25) is 0 Å². The van der Waals surface area contributed by atoms with E-state index in [0.717, 1.165) is 35.5 Å². The summed E-state index contributed by atoms with van der Waals surface area (Å²) in [6.07, 6.45) is 1.48. The molecule has 4 rings (SSSR count). The van der Waals surface area contributed by atoms with Gasteiger partial charge in [0.05, 0.1) is 34.9 Å². The molecule has 3 aromatic rings. The van der Waals surface area contributed by atoms with Gasteiger partial charge >= 0.3 is 0 Å². The molecule has 1 unspecified atom stereocenters. The first-order valence-electron chi connectivity index (χ1n) is 8.66. The first-order valence-corrected chi connectivity index (χ1v) is 9.81. The zero-order valence-corrected chi connectivity index (χ0v) is 16.0. The maximum Gasteiger partial charge on any atom is 0.186 e. The highest BCUT2D eigenvalue weighted by atomic mass is 32.2. The molecular formula is C17H21N7O2S. The molecule has 0 amide bonds. The van der Waals surface area contributed by atoms with E-state index in [2.05, 4.69) is 35.1 Å². The standard InChI is InChI=1S/C17H21N7O2S/c1-11-15-16(19-10-20-17(15)23-22-11)21-13-9-12(27(25)18-2)3-4-14(13)24-5-7-26-8-6-24/h3-4,9-10,18H,5-8H2,1-2H3,(H2,19,20,21,22,23). The molecule has 27 heavy (non-hydrogen) atoms. The molecule has 0 bridgehead atoms. The van der Waals surface area contributed by atoms with Crippen LogP contribution in [0.2, 0.25) is 0 Å². The monoisotopic (exact) mass is 387 g/mol. The number of nitrogens with one attached hydrogen (secondary N) is 3. The molecule has 0 saturated carbocycles. The predicted octanol–water partition coefficient (Wildman–Crippen LogP) is 1.48. The average molecular weight is 387 g/mol. The molecule has 1 aromatic carbocycles. The van der Waals surface area contributed by atoms with Gasteiger partial charge in [0.1, 0.15) is 23.1 Å². The largest absolute Gasteiger partial charge is 0.378 e. The van der Waals surface area contributed by atoms with E-state index in [0.29, 0.717) is 29.6 Å². The number of fused-ring (bicyclic) bond motifs is 1. The zero-order valence-electron chi connectivity index (χ0n) is 15.2. The predicted molar refractivity (Wildman–Crippen MR) is 105 cm³/mol. The Balaban J connectivity index is 1.78. The van der Waals surface area contributed by atoms with Crippen LogP contribution in [0.3, 0.4) is 0 Å². The van der Waals surface area contributed by atoms with Crippen molar-refractivity contribution in [3.05, 3.63) is 30.2 Å². The smallest absolute Gasteiger partial charge is 0.186 e. The van der Waals surface area contributed by atoms with E-state index in [4.69, 9.17) is 4.74 Å². The summed E-state index contributed by atoms with van der Waals surface area (Å²) in [5, 5.41) is 11.4. The second kappa shape index (κ2) is 7.59. The Labute approximate surface area is 159 Å². The number of morpholine rings is 1. The van der Waals surface area contributed by atoms with Crippen LogP contribution in [0.1, 0.15) is 5.69 Å². The van der Waals surface area contributed by atoms with Gasteiger partial charge in [-0.3, -0.25) is 5.10 Å². The third-order valence-corrected chi connectivity index (χ3v) is 5.56. The number of benzene rings is 1. The van der Waals surface area contributed by atoms with Crippen LogP contribution < -0.4 is 14.9 Å². The number of rotatable bonds is 5. The lowest BCUT2D eigenvalue weighted by Gasteiger charge is -2.31. The van der Waals surface area contributed by atoms with Crippen molar-refractivity contribution in [2.24, 2.45) is 0 Å². The second-order valence-electron chi connectivity index (χ2n) is 6.15. The Morgan fingerprint density at radius 2 is 2.07 bits per heavy atom. The number of hydrogen-bond donors (Lipinski definition) is 3. The molecule has 1 aliphatic heterocycles. The van der Waals surface area contributed by atoms with E-state index in [-0.39, 0.29) is 0 Å². The molecule has 3 heterocycles. The molecule has 9 nitrogen and oxygen atoms in total. The van der Waals surface area contributed by atoms with Gasteiger partial charge in [-0.15, -0.1) is 0 Å². The van der Waals surface area contributed by atoms with E-state index in [1.807, 2.05) is 25.1 Å². The second-order valence-corrected chi connectivity index (χ2v) is 7.56. The highest BCUT2D eigenvalue weighted by molar-refractivity contribution is 7.83. The highest BCUT2D eigenvalue weighted by Crippen LogP contribution is 2.33. The van der Waals surface area contributed by atoms with Gasteiger partial charge in [-0.1, -0.05) is 0 Å². The molecular weight excluding hydrogens is 366 g/mol. The lowest BCUT2D eigenvalue weighted by atomic mass is 10.2. The minimum absolute atomic E-state index is 0.605. The minimum atomic E-state index is -1.28. The number of hydrogen-bond acceptors (Lipinski definition) is 7. The molecule has 2 aromatic heterocycles. The van der Waals surface area contributed by atoms with Gasteiger partial charge in [-0.2, -0.15) is 5.10 Å². The van der Waals surface area contributed by atoms with Crippen molar-refractivity contribution in [3.8, 4) is 0 Å². The fourth-order valence-corrected chi connectivity index (χ4v) is 3.80. The number of nitrogens with zero attached hydrogens (tertiary/aromatic N) is 4. The molecule has 10 heteroatoms. The van der Waals surface area contributed by atoms with Crippen molar-refractivity contribution < 1.29 is 8.95 Å². The van der Waals surface area contributed by atoms with E-state index < -0.39 is 11.0 Å². The average Bonchev–Trinajstić information content (AvgIpc) is 3.10. The van der Waals surface area contributed by atoms with Crippen LogP contribution in [0, 0.1) is 6.92 Å². The Hall–Kier alpha value is -2.56. The Morgan fingerprint density at radius 1 is 1.26 bits per heavy atom. The summed E-state index contributed by atoms with van der Waals surface area (Å²) in [7, 11) is 0.388. The van der Waals surface area contributed by atoms with Crippen LogP contribution in [0.5, 0.6) is 0 Å². The molecule has 0 spiro atoms. The maximum absolute atomic E-state index is 12.2. The molecule has 1 saturated heterocycles. The number of anilines is 3. The first-order chi connectivity index (χ1) is 13.2. The van der Waals surface area contributed by atoms with Gasteiger partial charge in [-0.05, 0) is 32.2 Å². The van der Waals surface area contributed by atoms with Crippen molar-refractivity contribution in [1.29, 1.82) is 0 Å². The van der Waals surface area contributed by atoms with Crippen molar-refractivity contribution >= 4 is 39.2 Å². The van der Waals surface area contributed by atoms with Crippen molar-refractivity contribution in [2.75, 3.05) is 43.6 Å². The van der Waals surface area contributed by atoms with Crippen LogP contribution in [-0.2, 0) is 15.7 Å². The molecule has 0 aliphatic carbocycles. The normalized spacial score (nSPS) is 15.9. The number of aryl methyl sites for hydroxylation is 1. The third kappa shape index (κ3) is 3.51. The fourth-order valence-electron chi connectivity index (χ4n) is 3.15. The minimum Gasteiger partial charge on any atom is -0.378 e. The van der Waals surface area contributed by atoms with Crippen molar-refractivity contribution in [1.82, 2.24) is 24.9 Å². The Kier molecular flexibility index (Phi) is 5.01.